The number of likely N-dealkylation sites (tertiary alicyclic amines) is 1. The van der Waals surface area contributed by atoms with Gasteiger partial charge in [0.25, 0.3) is 0 Å². The molecule has 9 nitrogen and oxygen atoms in total. The maximum atomic E-state index is 12.2. The van der Waals surface area contributed by atoms with Crippen molar-refractivity contribution < 1.29 is 14.3 Å². The van der Waals surface area contributed by atoms with Crippen molar-refractivity contribution in [3.63, 3.8) is 0 Å². The number of rotatable bonds is 1. The van der Waals surface area contributed by atoms with Crippen molar-refractivity contribution in [1.82, 2.24) is 20.1 Å². The second-order valence-electron chi connectivity index (χ2n) is 7.87. The first-order valence-corrected chi connectivity index (χ1v) is 10.4. The summed E-state index contributed by atoms with van der Waals surface area (Å²) in [6.07, 6.45) is 6.04. The number of ether oxygens (including phenoxy) is 1. The van der Waals surface area contributed by atoms with Crippen molar-refractivity contribution in [2.45, 2.75) is 26.2 Å². The van der Waals surface area contributed by atoms with E-state index < -0.39 is 11.8 Å². The molecule has 0 spiro atoms. The highest BCUT2D eigenvalue weighted by atomic mass is 16.5. The van der Waals surface area contributed by atoms with Gasteiger partial charge in [-0.1, -0.05) is 25.1 Å². The molecule has 0 saturated carbocycles. The van der Waals surface area contributed by atoms with Gasteiger partial charge in [-0.05, 0) is 30.4 Å². The minimum absolute atomic E-state index is 0.318. The number of amides is 2. The van der Waals surface area contributed by atoms with Gasteiger partial charge in [0.1, 0.15) is 11.6 Å². The van der Waals surface area contributed by atoms with Crippen LogP contribution in [0.15, 0.2) is 36.7 Å². The molecule has 31 heavy (non-hydrogen) atoms. The van der Waals surface area contributed by atoms with Crippen LogP contribution in [0.1, 0.15) is 25.3 Å². The van der Waals surface area contributed by atoms with E-state index in [4.69, 9.17) is 10.5 Å². The van der Waals surface area contributed by atoms with E-state index in [-0.39, 0.29) is 0 Å². The zero-order chi connectivity index (χ0) is 21.8. The molecule has 3 aromatic rings. The van der Waals surface area contributed by atoms with Crippen LogP contribution in [0.2, 0.25) is 0 Å². The molecule has 4 N–H and O–H groups in total. The largest absolute Gasteiger partial charge is 0.493 e. The van der Waals surface area contributed by atoms with Gasteiger partial charge >= 0.3 is 11.8 Å². The molecular formula is C22H26N6O3. The third-order valence-electron chi connectivity index (χ3n) is 5.51. The number of pyridine rings is 1. The zero-order valence-electron chi connectivity index (χ0n) is 17.4. The van der Waals surface area contributed by atoms with Crippen molar-refractivity contribution in [3.05, 3.63) is 42.2 Å². The summed E-state index contributed by atoms with van der Waals surface area (Å²) in [4.78, 5) is 30.0. The summed E-state index contributed by atoms with van der Waals surface area (Å²) in [6, 6.07) is 8.18. The lowest BCUT2D eigenvalue weighted by molar-refractivity contribution is -0.144. The molecule has 0 radical (unpaired) electrons. The molecule has 1 fully saturated rings. The molecule has 1 saturated heterocycles. The fraction of sp³-hybridized carbons (Fsp3) is 0.364. The third kappa shape index (κ3) is 4.60. The SMILES string of the molecule is CC1CCCN(C(=O)C(=O)Nc2cnc(N)c3cn[nH]c23)C1.c1ccc2c(c1)CCO2. The number of nitrogens with zero attached hydrogens (tertiary/aromatic N) is 3. The minimum atomic E-state index is -0.670. The van der Waals surface area contributed by atoms with Crippen LogP contribution >= 0.6 is 0 Å². The summed E-state index contributed by atoms with van der Waals surface area (Å²) in [5.74, 6) is 0.617. The van der Waals surface area contributed by atoms with Crippen LogP contribution in [0, 0.1) is 5.92 Å². The summed E-state index contributed by atoms with van der Waals surface area (Å²) >= 11 is 0. The fourth-order valence-corrected chi connectivity index (χ4v) is 3.86. The smallest absolute Gasteiger partial charge is 0.314 e. The summed E-state index contributed by atoms with van der Waals surface area (Å²) in [7, 11) is 0. The van der Waals surface area contributed by atoms with Crippen LogP contribution < -0.4 is 15.8 Å². The van der Waals surface area contributed by atoms with Crippen molar-refractivity contribution in [3.8, 4) is 5.75 Å². The number of H-pyrrole nitrogens is 1. The number of benzene rings is 1. The van der Waals surface area contributed by atoms with Gasteiger partial charge in [0, 0.05) is 19.5 Å². The fourth-order valence-electron chi connectivity index (χ4n) is 3.86. The second-order valence-corrected chi connectivity index (χ2v) is 7.87. The molecule has 0 aliphatic carbocycles. The predicted molar refractivity (Wildman–Crippen MR) is 118 cm³/mol. The Bertz CT molecular complexity index is 1070. The monoisotopic (exact) mass is 422 g/mol. The van der Waals surface area contributed by atoms with Gasteiger partial charge in [-0.15, -0.1) is 0 Å². The van der Waals surface area contributed by atoms with E-state index in [1.807, 2.05) is 18.2 Å². The Kier molecular flexibility index (Phi) is 6.01. The number of nitrogen functional groups attached to an aromatic ring is 1. The summed E-state index contributed by atoms with van der Waals surface area (Å²) in [6.45, 7) is 4.18. The van der Waals surface area contributed by atoms with E-state index in [0.717, 1.165) is 31.6 Å². The number of nitrogens with one attached hydrogen (secondary N) is 2. The summed E-state index contributed by atoms with van der Waals surface area (Å²) in [5, 5.41) is 9.83. The molecule has 2 aliphatic heterocycles. The number of nitrogens with two attached hydrogens (primary N) is 1. The van der Waals surface area contributed by atoms with Crippen molar-refractivity contribution in [1.29, 1.82) is 0 Å². The lowest BCUT2D eigenvalue weighted by Gasteiger charge is -2.30. The quantitative estimate of drug-likeness (QED) is 0.517. The highest BCUT2D eigenvalue weighted by molar-refractivity contribution is 6.40. The molecule has 1 atom stereocenters. The number of carbonyl (C=O) groups is 2. The van der Waals surface area contributed by atoms with Crippen LogP contribution in [0.25, 0.3) is 10.9 Å². The van der Waals surface area contributed by atoms with E-state index >= 15 is 0 Å². The molecule has 4 heterocycles. The molecule has 9 heteroatoms. The van der Waals surface area contributed by atoms with Crippen molar-refractivity contribution in [2.24, 2.45) is 5.92 Å². The Balaban J connectivity index is 0.000000212. The van der Waals surface area contributed by atoms with E-state index in [1.165, 1.54) is 18.0 Å². The second kappa shape index (κ2) is 9.03. The Morgan fingerprint density at radius 1 is 1.29 bits per heavy atom. The zero-order valence-corrected chi connectivity index (χ0v) is 17.4. The highest BCUT2D eigenvalue weighted by Gasteiger charge is 2.26. The molecule has 1 unspecified atom stereocenters. The normalized spacial score (nSPS) is 17.3. The standard InChI is InChI=1S/C14H18N6O2.C8H8O/c1-8-3-2-4-20(7-8)14(22)13(21)18-10-6-16-12(15)9-5-17-19-11(9)10;1-2-4-8-7(3-1)5-6-9-8/h5-6,8H,2-4,7H2,1H3,(H2,15,16)(H,17,19)(H,18,21);1-4H,5-6H2. The molecule has 2 aromatic heterocycles. The van der Waals surface area contributed by atoms with Crippen LogP contribution in [0.3, 0.4) is 0 Å². The average molecular weight is 422 g/mol. The number of hydrogen-bond donors (Lipinski definition) is 3. The van der Waals surface area contributed by atoms with Gasteiger partial charge < -0.3 is 20.7 Å². The number of fused-ring (bicyclic) bond motifs is 2. The lowest BCUT2D eigenvalue weighted by atomic mass is 10.0. The predicted octanol–water partition coefficient (Wildman–Crippen LogP) is 2.36. The molecular weight excluding hydrogens is 396 g/mol. The number of hydrogen-bond acceptors (Lipinski definition) is 6. The van der Waals surface area contributed by atoms with E-state index in [2.05, 4.69) is 33.5 Å². The molecule has 1 aromatic carbocycles. The summed E-state index contributed by atoms with van der Waals surface area (Å²) in [5.41, 5.74) is 8.03. The molecule has 0 bridgehead atoms. The maximum absolute atomic E-state index is 12.2. The van der Waals surface area contributed by atoms with Crippen molar-refractivity contribution in [2.75, 3.05) is 30.7 Å². The van der Waals surface area contributed by atoms with Crippen LogP contribution in [0.4, 0.5) is 11.5 Å². The van der Waals surface area contributed by atoms with Gasteiger partial charge in [-0.3, -0.25) is 14.7 Å². The van der Waals surface area contributed by atoms with E-state index in [0.29, 0.717) is 41.4 Å². The van der Waals surface area contributed by atoms with Gasteiger partial charge in [0.2, 0.25) is 0 Å². The van der Waals surface area contributed by atoms with Gasteiger partial charge in [0.15, 0.2) is 0 Å². The molecule has 162 valence electrons. The Morgan fingerprint density at radius 3 is 2.94 bits per heavy atom. The number of aromatic nitrogens is 3. The van der Waals surface area contributed by atoms with Crippen LogP contribution in [0.5, 0.6) is 5.75 Å². The molecule has 2 aliphatic rings. The van der Waals surface area contributed by atoms with E-state index in [1.54, 1.807) is 4.90 Å². The third-order valence-corrected chi connectivity index (χ3v) is 5.51. The summed E-state index contributed by atoms with van der Waals surface area (Å²) < 4.78 is 5.30. The maximum Gasteiger partial charge on any atom is 0.314 e. The first-order valence-electron chi connectivity index (χ1n) is 10.4. The van der Waals surface area contributed by atoms with Gasteiger partial charge in [-0.2, -0.15) is 5.10 Å². The molecule has 2 amide bonds. The first-order chi connectivity index (χ1) is 15.0. The number of para-hydroxylation sites is 1. The lowest BCUT2D eigenvalue weighted by Crippen LogP contribution is -2.44. The van der Waals surface area contributed by atoms with Crippen LogP contribution in [-0.4, -0.2) is 51.6 Å². The first kappa shape index (κ1) is 20.6. The average Bonchev–Trinajstić information content (AvgIpc) is 3.46. The highest BCUT2D eigenvalue weighted by Crippen LogP contribution is 2.24. The van der Waals surface area contributed by atoms with Gasteiger partial charge in [-0.25, -0.2) is 4.98 Å². The number of carbonyl (C=O) groups excluding carboxylic acids is 2. The van der Waals surface area contributed by atoms with Crippen molar-refractivity contribution >= 4 is 34.2 Å². The molecule has 5 rings (SSSR count). The van der Waals surface area contributed by atoms with Crippen LogP contribution in [-0.2, 0) is 16.0 Å². The minimum Gasteiger partial charge on any atom is -0.493 e. The number of piperidine rings is 1. The van der Waals surface area contributed by atoms with E-state index in [9.17, 15) is 9.59 Å². The number of anilines is 2. The van der Waals surface area contributed by atoms with Gasteiger partial charge in [0.05, 0.1) is 35.6 Å². The Labute approximate surface area is 180 Å². The topological polar surface area (TPSA) is 126 Å². The Hall–Kier alpha value is -3.62. The number of aromatic amines is 1. The Morgan fingerprint density at radius 2 is 2.13 bits per heavy atom.